The fourth-order valence-corrected chi connectivity index (χ4v) is 12.8. The predicted octanol–water partition coefficient (Wildman–Crippen LogP) is 19.8. The van der Waals surface area contributed by atoms with Crippen molar-refractivity contribution in [3.63, 3.8) is 0 Å². The van der Waals surface area contributed by atoms with Gasteiger partial charge in [0.1, 0.15) is 0 Å². The molecule has 2 nitrogen and oxygen atoms in total. The molecule has 0 amide bonds. The van der Waals surface area contributed by atoms with E-state index in [0.29, 0.717) is 0 Å². The van der Waals surface area contributed by atoms with Crippen molar-refractivity contribution in [3.05, 3.63) is 224 Å². The Morgan fingerprint density at radius 2 is 0.694 bits per heavy atom. The van der Waals surface area contributed by atoms with E-state index in [0.717, 1.165) is 0 Å². The molecule has 2 aliphatic carbocycles. The first-order valence-corrected chi connectivity index (χ1v) is 25.9. The molecule has 0 saturated carbocycles. The number of hydrogen-bond donors (Lipinski definition) is 0. The van der Waals surface area contributed by atoms with Gasteiger partial charge in [0.2, 0.25) is 0 Å². The normalized spacial score (nSPS) is 14.1. The Bertz CT molecular complexity index is 4040. The summed E-state index contributed by atoms with van der Waals surface area (Å²) in [5.74, 6) is 0. The second kappa shape index (κ2) is 15.4. The zero-order valence-corrected chi connectivity index (χ0v) is 43.9. The van der Waals surface area contributed by atoms with Crippen LogP contribution in [-0.4, -0.2) is 0 Å². The third-order valence-corrected chi connectivity index (χ3v) is 17.6. The minimum Gasteiger partial charge on any atom is -0.310 e. The first kappa shape index (κ1) is 44.3. The molecule has 11 aromatic rings. The molecule has 0 heterocycles. The molecule has 0 saturated heterocycles. The molecular formula is C70H62N2. The zero-order valence-electron chi connectivity index (χ0n) is 43.9. The van der Waals surface area contributed by atoms with E-state index in [1.807, 2.05) is 0 Å². The van der Waals surface area contributed by atoms with Crippen molar-refractivity contribution in [1.82, 2.24) is 0 Å². The van der Waals surface area contributed by atoms with Gasteiger partial charge in [0.05, 0.1) is 11.4 Å². The first-order valence-electron chi connectivity index (χ1n) is 25.9. The predicted molar refractivity (Wildman–Crippen MR) is 310 cm³/mol. The van der Waals surface area contributed by atoms with E-state index in [9.17, 15) is 0 Å². The quantitative estimate of drug-likeness (QED) is 0.153. The van der Waals surface area contributed by atoms with Crippen LogP contribution in [-0.2, 0) is 10.8 Å². The second-order valence-electron chi connectivity index (χ2n) is 22.6. The van der Waals surface area contributed by atoms with Crippen LogP contribution >= 0.6 is 0 Å². The summed E-state index contributed by atoms with van der Waals surface area (Å²) in [5.41, 5.74) is 28.1. The summed E-state index contributed by atoms with van der Waals surface area (Å²) in [5, 5.41) is 10.4. The maximum Gasteiger partial charge on any atom is 0.0543 e. The van der Waals surface area contributed by atoms with Crippen LogP contribution in [0.25, 0.3) is 65.3 Å². The molecular weight excluding hydrogens is 869 g/mol. The van der Waals surface area contributed by atoms with Crippen molar-refractivity contribution >= 4 is 77.2 Å². The van der Waals surface area contributed by atoms with Gasteiger partial charge in [-0.05, 0) is 256 Å². The Kier molecular flexibility index (Phi) is 9.48. The Morgan fingerprint density at radius 3 is 1.19 bits per heavy atom. The van der Waals surface area contributed by atoms with Gasteiger partial charge in [-0.1, -0.05) is 107 Å². The maximum absolute atomic E-state index is 2.61. The summed E-state index contributed by atoms with van der Waals surface area (Å²) in [6, 6.07) is 61.4. The van der Waals surface area contributed by atoms with Gasteiger partial charge in [-0.15, -0.1) is 0 Å². The highest BCUT2D eigenvalue weighted by atomic mass is 15.1. The van der Waals surface area contributed by atoms with Crippen molar-refractivity contribution in [2.75, 3.05) is 9.80 Å². The van der Waals surface area contributed by atoms with E-state index in [4.69, 9.17) is 0 Å². The summed E-state index contributed by atoms with van der Waals surface area (Å²) < 4.78 is 0. The van der Waals surface area contributed by atoms with Crippen LogP contribution in [0.4, 0.5) is 34.1 Å². The molecule has 0 radical (unpaired) electrons. The van der Waals surface area contributed by atoms with Crippen molar-refractivity contribution < 1.29 is 0 Å². The largest absolute Gasteiger partial charge is 0.310 e. The molecule has 352 valence electrons. The molecule has 13 rings (SSSR count). The minimum atomic E-state index is -0.270. The minimum absolute atomic E-state index is 0.218. The van der Waals surface area contributed by atoms with Crippen molar-refractivity contribution in [2.24, 2.45) is 0 Å². The van der Waals surface area contributed by atoms with E-state index in [1.54, 1.807) is 0 Å². The summed E-state index contributed by atoms with van der Waals surface area (Å²) >= 11 is 0. The number of fused-ring (bicyclic) bond motifs is 9. The fourth-order valence-electron chi connectivity index (χ4n) is 12.8. The number of aryl methyl sites for hydroxylation is 8. The van der Waals surface area contributed by atoms with E-state index in [1.165, 1.54) is 166 Å². The van der Waals surface area contributed by atoms with Crippen LogP contribution < -0.4 is 9.80 Å². The molecule has 0 fully saturated rings. The molecule has 0 aliphatic heterocycles. The molecule has 0 atom stereocenters. The van der Waals surface area contributed by atoms with Crippen LogP contribution in [0, 0.1) is 55.4 Å². The van der Waals surface area contributed by atoms with Crippen molar-refractivity contribution in [2.45, 2.75) is 93.9 Å². The van der Waals surface area contributed by atoms with Gasteiger partial charge in [-0.25, -0.2) is 0 Å². The molecule has 0 aromatic heterocycles. The lowest BCUT2D eigenvalue weighted by molar-refractivity contribution is 0.652. The van der Waals surface area contributed by atoms with E-state index < -0.39 is 0 Å². The lowest BCUT2D eigenvalue weighted by Gasteiger charge is -2.30. The van der Waals surface area contributed by atoms with Crippen LogP contribution in [0.2, 0.25) is 0 Å². The Labute approximate surface area is 425 Å². The molecule has 0 N–H and O–H groups in total. The van der Waals surface area contributed by atoms with Gasteiger partial charge < -0.3 is 9.80 Å². The molecule has 11 aromatic carbocycles. The van der Waals surface area contributed by atoms with E-state index >= 15 is 0 Å². The topological polar surface area (TPSA) is 6.48 Å². The van der Waals surface area contributed by atoms with Crippen LogP contribution in [0.5, 0.6) is 0 Å². The van der Waals surface area contributed by atoms with Gasteiger partial charge in [0.15, 0.2) is 0 Å². The molecule has 2 aliphatic rings. The number of hydrogen-bond acceptors (Lipinski definition) is 2. The number of anilines is 6. The third kappa shape index (κ3) is 6.21. The van der Waals surface area contributed by atoms with Crippen LogP contribution in [0.15, 0.2) is 158 Å². The second-order valence-corrected chi connectivity index (χ2v) is 22.6. The van der Waals surface area contributed by atoms with Gasteiger partial charge in [-0.3, -0.25) is 0 Å². The third-order valence-electron chi connectivity index (χ3n) is 17.6. The number of benzene rings is 11. The van der Waals surface area contributed by atoms with Crippen LogP contribution in [0.1, 0.15) is 94.5 Å². The van der Waals surface area contributed by atoms with E-state index in [-0.39, 0.29) is 10.8 Å². The maximum atomic E-state index is 2.61. The fraction of sp³-hybridized carbons (Fsp3) is 0.200. The summed E-state index contributed by atoms with van der Waals surface area (Å²) in [4.78, 5) is 4.99. The van der Waals surface area contributed by atoms with Crippen molar-refractivity contribution in [3.8, 4) is 22.3 Å². The number of nitrogens with zero attached hydrogens (tertiary/aromatic N) is 2. The van der Waals surface area contributed by atoms with Gasteiger partial charge in [0, 0.05) is 44.4 Å². The number of rotatable bonds is 6. The smallest absolute Gasteiger partial charge is 0.0543 e. The zero-order chi connectivity index (χ0) is 49.9. The summed E-state index contributed by atoms with van der Waals surface area (Å²) in [6.07, 6.45) is 0. The van der Waals surface area contributed by atoms with Crippen LogP contribution in [0.3, 0.4) is 0 Å². The lowest BCUT2D eigenvalue weighted by Crippen LogP contribution is -2.18. The SMILES string of the molecule is Cc1ccc(N(c2ccc(C)c(C)c2)c2cc3c(c4ccccc24)-c2cc4c(cc2C3(C)C)-c2c(cc3ccc5c(N(c6ccc(C)c(C)c6)c6ccc(C)c(C)c6)ccc6ccc2c3c65)C4(C)C)cc1C. The monoisotopic (exact) mass is 930 g/mol. The molecule has 2 heteroatoms. The molecule has 0 unspecified atom stereocenters. The Morgan fingerprint density at radius 1 is 0.292 bits per heavy atom. The van der Waals surface area contributed by atoms with Gasteiger partial charge >= 0.3 is 0 Å². The molecule has 0 bridgehead atoms. The highest BCUT2D eigenvalue weighted by Crippen LogP contribution is 2.61. The molecule has 72 heavy (non-hydrogen) atoms. The standard InChI is InChI=1S/C70H62N2/c1-39-17-24-49(31-43(39)5)71(50-25-18-40(2)44(6)32-50)63-30-23-47-21-29-56-66-48(22-28-55(63)65(47)66)35-61-68(56)58-37-59-57(36-60(58)69(61,9)10)67-54-16-14-13-15-53(54)64(38-62(67)70(59,11)12)72(51-26-19-41(3)45(7)33-51)52-27-20-42(4)46(8)34-52/h13-38H,1-12H3. The molecule has 0 spiro atoms. The summed E-state index contributed by atoms with van der Waals surface area (Å²) in [7, 11) is 0. The Hall–Kier alpha value is -7.68. The Balaban J connectivity index is 1.02. The summed E-state index contributed by atoms with van der Waals surface area (Å²) in [6.45, 7) is 27.6. The average molecular weight is 931 g/mol. The average Bonchev–Trinajstić information content (AvgIpc) is 3.73. The highest BCUT2D eigenvalue weighted by Gasteiger charge is 2.44. The van der Waals surface area contributed by atoms with Gasteiger partial charge in [-0.2, -0.15) is 0 Å². The van der Waals surface area contributed by atoms with Crippen molar-refractivity contribution in [1.29, 1.82) is 0 Å². The van der Waals surface area contributed by atoms with Gasteiger partial charge in [0.25, 0.3) is 0 Å². The lowest BCUT2D eigenvalue weighted by atomic mass is 9.79. The van der Waals surface area contributed by atoms with E-state index in [2.05, 4.69) is 251 Å². The highest BCUT2D eigenvalue weighted by molar-refractivity contribution is 6.29. The first-order chi connectivity index (χ1) is 34.5.